The van der Waals surface area contributed by atoms with Crippen LogP contribution in [0.15, 0.2) is 67.3 Å². The fraction of sp³-hybridized carbons (Fsp3) is 0.118. The molecule has 0 bridgehead atoms. The van der Waals surface area contributed by atoms with Gasteiger partial charge in [-0.25, -0.2) is 0 Å². The standard InChI is InChI=1S/C13H10O.C4H8/c14-10-11-5-4-8-13(9-11)12-6-2-1-3-7-12;1-3-4-2/h1-10H;3H,1,4H2,2H3. The lowest BCUT2D eigenvalue weighted by molar-refractivity contribution is 0.112. The summed E-state index contributed by atoms with van der Waals surface area (Å²) in [6.07, 6.45) is 3.83. The zero-order valence-corrected chi connectivity index (χ0v) is 10.7. The van der Waals surface area contributed by atoms with E-state index in [4.69, 9.17) is 0 Å². The van der Waals surface area contributed by atoms with E-state index in [1.807, 2.05) is 54.6 Å². The molecule has 0 aliphatic carbocycles. The number of hydrogen-bond acceptors (Lipinski definition) is 1. The predicted molar refractivity (Wildman–Crippen MR) is 77.8 cm³/mol. The lowest BCUT2D eigenvalue weighted by Crippen LogP contribution is -1.81. The molecule has 0 unspecified atom stereocenters. The largest absolute Gasteiger partial charge is 0.298 e. The maximum Gasteiger partial charge on any atom is 0.150 e. The first-order valence-electron chi connectivity index (χ1n) is 6.03. The number of rotatable bonds is 3. The monoisotopic (exact) mass is 238 g/mol. The molecule has 1 nitrogen and oxygen atoms in total. The molecule has 0 aromatic heterocycles. The fourth-order valence-electron chi connectivity index (χ4n) is 1.42. The maximum absolute atomic E-state index is 10.6. The summed E-state index contributed by atoms with van der Waals surface area (Å²) in [7, 11) is 0. The molecule has 0 atom stereocenters. The summed E-state index contributed by atoms with van der Waals surface area (Å²) in [5.41, 5.74) is 2.93. The number of allylic oxidation sites excluding steroid dienone is 1. The van der Waals surface area contributed by atoms with E-state index in [9.17, 15) is 4.79 Å². The van der Waals surface area contributed by atoms with Crippen molar-refractivity contribution in [3.8, 4) is 11.1 Å². The molecule has 0 heterocycles. The molecule has 0 N–H and O–H groups in total. The zero-order chi connectivity index (χ0) is 13.2. The molecular weight excluding hydrogens is 220 g/mol. The van der Waals surface area contributed by atoms with Crippen LogP contribution in [0.3, 0.4) is 0 Å². The van der Waals surface area contributed by atoms with Gasteiger partial charge in [-0.3, -0.25) is 4.79 Å². The summed E-state index contributed by atoms with van der Waals surface area (Å²) in [6.45, 7) is 5.54. The van der Waals surface area contributed by atoms with Gasteiger partial charge >= 0.3 is 0 Å². The molecule has 0 amide bonds. The van der Waals surface area contributed by atoms with Crippen molar-refractivity contribution in [2.45, 2.75) is 13.3 Å². The van der Waals surface area contributed by atoms with Crippen LogP contribution < -0.4 is 0 Å². The summed E-state index contributed by atoms with van der Waals surface area (Å²) < 4.78 is 0. The lowest BCUT2D eigenvalue weighted by atomic mass is 10.0. The Balaban J connectivity index is 0.000000357. The topological polar surface area (TPSA) is 17.1 Å². The van der Waals surface area contributed by atoms with Crippen LogP contribution in [-0.4, -0.2) is 6.29 Å². The van der Waals surface area contributed by atoms with E-state index in [2.05, 4.69) is 13.5 Å². The van der Waals surface area contributed by atoms with Crippen molar-refractivity contribution < 1.29 is 4.79 Å². The molecule has 0 spiro atoms. The third-order valence-corrected chi connectivity index (χ3v) is 2.42. The van der Waals surface area contributed by atoms with Crippen molar-refractivity contribution in [1.29, 1.82) is 0 Å². The van der Waals surface area contributed by atoms with Gasteiger partial charge in [-0.1, -0.05) is 61.5 Å². The smallest absolute Gasteiger partial charge is 0.150 e. The number of benzene rings is 2. The van der Waals surface area contributed by atoms with Crippen LogP contribution in [0.4, 0.5) is 0 Å². The van der Waals surface area contributed by atoms with Crippen LogP contribution >= 0.6 is 0 Å². The Hall–Kier alpha value is -2.15. The third-order valence-electron chi connectivity index (χ3n) is 2.42. The van der Waals surface area contributed by atoms with Crippen molar-refractivity contribution in [3.63, 3.8) is 0 Å². The predicted octanol–water partition coefficient (Wildman–Crippen LogP) is 4.75. The van der Waals surface area contributed by atoms with Crippen LogP contribution in [0, 0.1) is 0 Å². The first-order valence-corrected chi connectivity index (χ1v) is 6.03. The molecule has 2 rings (SSSR count). The highest BCUT2D eigenvalue weighted by Crippen LogP contribution is 2.18. The molecule has 2 aromatic carbocycles. The number of carbonyl (C=O) groups is 1. The van der Waals surface area contributed by atoms with Crippen molar-refractivity contribution in [2.75, 3.05) is 0 Å². The first-order chi connectivity index (χ1) is 8.81. The van der Waals surface area contributed by atoms with Gasteiger partial charge in [0.2, 0.25) is 0 Å². The zero-order valence-electron chi connectivity index (χ0n) is 10.7. The highest BCUT2D eigenvalue weighted by Gasteiger charge is 1.96. The molecule has 0 aliphatic heterocycles. The van der Waals surface area contributed by atoms with Crippen molar-refractivity contribution in [2.24, 2.45) is 0 Å². The van der Waals surface area contributed by atoms with Crippen LogP contribution in [-0.2, 0) is 0 Å². The summed E-state index contributed by atoms with van der Waals surface area (Å²) in [5.74, 6) is 0. The molecule has 0 saturated heterocycles. The van der Waals surface area contributed by atoms with Crippen molar-refractivity contribution >= 4 is 6.29 Å². The van der Waals surface area contributed by atoms with Gasteiger partial charge in [0.15, 0.2) is 0 Å². The van der Waals surface area contributed by atoms with Gasteiger partial charge in [0.1, 0.15) is 6.29 Å². The van der Waals surface area contributed by atoms with E-state index in [0.717, 1.165) is 23.8 Å². The number of hydrogen-bond donors (Lipinski definition) is 0. The maximum atomic E-state index is 10.6. The Labute approximate surface area is 109 Å². The van der Waals surface area contributed by atoms with Crippen molar-refractivity contribution in [3.05, 3.63) is 72.8 Å². The molecule has 0 aliphatic rings. The van der Waals surface area contributed by atoms with E-state index in [1.165, 1.54) is 0 Å². The summed E-state index contributed by atoms with van der Waals surface area (Å²) in [6, 6.07) is 17.6. The van der Waals surface area contributed by atoms with Crippen LogP contribution in [0.5, 0.6) is 0 Å². The highest BCUT2D eigenvalue weighted by atomic mass is 16.1. The Kier molecular flexibility index (Phi) is 6.20. The summed E-state index contributed by atoms with van der Waals surface area (Å²) >= 11 is 0. The van der Waals surface area contributed by atoms with E-state index in [0.29, 0.717) is 5.56 Å². The molecule has 0 fully saturated rings. The van der Waals surface area contributed by atoms with E-state index >= 15 is 0 Å². The van der Waals surface area contributed by atoms with Gasteiger partial charge in [0.25, 0.3) is 0 Å². The number of aldehydes is 1. The van der Waals surface area contributed by atoms with Gasteiger partial charge < -0.3 is 0 Å². The SMILES string of the molecule is C=CCC.O=Cc1cccc(-c2ccccc2)c1. The van der Waals surface area contributed by atoms with Crippen LogP contribution in [0.2, 0.25) is 0 Å². The van der Waals surface area contributed by atoms with Gasteiger partial charge in [-0.15, -0.1) is 6.58 Å². The summed E-state index contributed by atoms with van der Waals surface area (Å²) in [4.78, 5) is 10.6. The van der Waals surface area contributed by atoms with E-state index in [1.54, 1.807) is 6.07 Å². The second-order valence-corrected chi connectivity index (χ2v) is 3.81. The quantitative estimate of drug-likeness (QED) is 0.557. The Morgan fingerprint density at radius 3 is 2.17 bits per heavy atom. The molecule has 18 heavy (non-hydrogen) atoms. The number of carbonyl (C=O) groups excluding carboxylic acids is 1. The Morgan fingerprint density at radius 1 is 1.00 bits per heavy atom. The second-order valence-electron chi connectivity index (χ2n) is 3.81. The van der Waals surface area contributed by atoms with E-state index < -0.39 is 0 Å². The minimum absolute atomic E-state index is 0.714. The third kappa shape index (κ3) is 4.38. The lowest BCUT2D eigenvalue weighted by Gasteiger charge is -2.00. The van der Waals surface area contributed by atoms with Crippen LogP contribution in [0.25, 0.3) is 11.1 Å². The second kappa shape index (κ2) is 8.02. The van der Waals surface area contributed by atoms with E-state index in [-0.39, 0.29) is 0 Å². The average molecular weight is 238 g/mol. The minimum Gasteiger partial charge on any atom is -0.298 e. The van der Waals surface area contributed by atoms with Crippen molar-refractivity contribution in [1.82, 2.24) is 0 Å². The molecule has 0 radical (unpaired) electrons. The van der Waals surface area contributed by atoms with Gasteiger partial charge in [-0.2, -0.15) is 0 Å². The minimum atomic E-state index is 0.714. The molecule has 0 saturated carbocycles. The van der Waals surface area contributed by atoms with Gasteiger partial charge in [0, 0.05) is 5.56 Å². The highest BCUT2D eigenvalue weighted by molar-refractivity contribution is 5.78. The van der Waals surface area contributed by atoms with Gasteiger partial charge in [0.05, 0.1) is 0 Å². The molecule has 1 heteroatoms. The summed E-state index contributed by atoms with van der Waals surface area (Å²) in [5, 5.41) is 0. The van der Waals surface area contributed by atoms with Crippen LogP contribution in [0.1, 0.15) is 23.7 Å². The molecule has 92 valence electrons. The molecular formula is C17H18O. The molecule has 2 aromatic rings. The first kappa shape index (κ1) is 13.9. The Morgan fingerprint density at radius 2 is 1.61 bits per heavy atom. The Bertz CT molecular complexity index is 486. The van der Waals surface area contributed by atoms with Gasteiger partial charge in [-0.05, 0) is 23.6 Å². The normalized spacial score (nSPS) is 8.94. The fourth-order valence-corrected chi connectivity index (χ4v) is 1.42. The average Bonchev–Trinajstić information content (AvgIpc) is 2.48.